The summed E-state index contributed by atoms with van der Waals surface area (Å²) in [5.74, 6) is -0.360. The highest BCUT2D eigenvalue weighted by atomic mass is 35.5. The lowest BCUT2D eigenvalue weighted by Crippen LogP contribution is -2.51. The van der Waals surface area contributed by atoms with Crippen molar-refractivity contribution in [2.75, 3.05) is 13.1 Å². The molecule has 2 amide bonds. The van der Waals surface area contributed by atoms with Crippen LogP contribution in [0.25, 0.3) is 0 Å². The zero-order chi connectivity index (χ0) is 19.4. The Kier molecular flexibility index (Phi) is 5.85. The average Bonchev–Trinajstić information content (AvgIpc) is 2.68. The van der Waals surface area contributed by atoms with Crippen LogP contribution in [0.2, 0.25) is 5.02 Å². The molecule has 0 bridgehead atoms. The first-order valence-electron chi connectivity index (χ1n) is 9.27. The van der Waals surface area contributed by atoms with E-state index in [1.165, 1.54) is 5.56 Å². The topological polar surface area (TPSA) is 49.4 Å². The zero-order valence-electron chi connectivity index (χ0n) is 15.8. The molecule has 27 heavy (non-hydrogen) atoms. The molecular formula is C22H25ClN2O2. The van der Waals surface area contributed by atoms with E-state index in [-0.39, 0.29) is 11.8 Å². The van der Waals surface area contributed by atoms with Crippen molar-refractivity contribution in [3.63, 3.8) is 0 Å². The van der Waals surface area contributed by atoms with Gasteiger partial charge in [-0.2, -0.15) is 0 Å². The Morgan fingerprint density at radius 1 is 1.07 bits per heavy atom. The normalized spacial score (nSPS) is 13.8. The van der Waals surface area contributed by atoms with E-state index in [0.29, 0.717) is 31.1 Å². The molecule has 0 saturated heterocycles. The van der Waals surface area contributed by atoms with Gasteiger partial charge in [0, 0.05) is 24.7 Å². The summed E-state index contributed by atoms with van der Waals surface area (Å²) >= 11 is 5.88. The number of benzene rings is 2. The fourth-order valence-electron chi connectivity index (χ4n) is 3.35. The molecule has 0 fully saturated rings. The van der Waals surface area contributed by atoms with E-state index in [0.717, 1.165) is 17.5 Å². The second-order valence-corrected chi connectivity index (χ2v) is 7.94. The molecule has 1 aliphatic heterocycles. The first-order chi connectivity index (χ1) is 12.9. The fourth-order valence-corrected chi connectivity index (χ4v) is 3.48. The molecule has 0 aromatic heterocycles. The molecule has 0 saturated carbocycles. The van der Waals surface area contributed by atoms with Crippen LogP contribution in [0.3, 0.4) is 0 Å². The van der Waals surface area contributed by atoms with Crippen LogP contribution in [0.1, 0.15) is 30.5 Å². The van der Waals surface area contributed by atoms with E-state index < -0.39 is 5.41 Å². The summed E-state index contributed by atoms with van der Waals surface area (Å²) in [6.07, 6.45) is 1.53. The Labute approximate surface area is 165 Å². The van der Waals surface area contributed by atoms with Crippen LogP contribution in [-0.2, 0) is 29.0 Å². The lowest BCUT2D eigenvalue weighted by Gasteiger charge is -2.34. The molecule has 142 valence electrons. The second-order valence-electron chi connectivity index (χ2n) is 7.50. The van der Waals surface area contributed by atoms with E-state index >= 15 is 0 Å². The van der Waals surface area contributed by atoms with Gasteiger partial charge in [0.05, 0.1) is 0 Å². The quantitative estimate of drug-likeness (QED) is 0.800. The highest BCUT2D eigenvalue weighted by molar-refractivity contribution is 6.30. The van der Waals surface area contributed by atoms with E-state index in [2.05, 4.69) is 11.4 Å². The van der Waals surface area contributed by atoms with Crippen molar-refractivity contribution in [3.05, 3.63) is 70.2 Å². The van der Waals surface area contributed by atoms with Crippen LogP contribution in [0.4, 0.5) is 0 Å². The van der Waals surface area contributed by atoms with E-state index in [1.54, 1.807) is 18.7 Å². The molecule has 0 aliphatic carbocycles. The molecule has 1 N–H and O–H groups in total. The van der Waals surface area contributed by atoms with Crippen molar-refractivity contribution in [3.8, 4) is 0 Å². The minimum atomic E-state index is -1.09. The number of nitrogens with one attached hydrogen (secondary N) is 1. The number of nitrogens with zero attached hydrogens (tertiary/aromatic N) is 1. The van der Waals surface area contributed by atoms with Gasteiger partial charge in [0.2, 0.25) is 11.8 Å². The summed E-state index contributed by atoms with van der Waals surface area (Å²) in [7, 11) is 0. The predicted molar refractivity (Wildman–Crippen MR) is 108 cm³/mol. The standard InChI is InChI=1S/C22H25ClN2O2/c1-22(2,20(26)24-13-11-16-7-9-19(23)10-8-16)21(27)25-14-12-17-5-3-4-6-18(17)15-25/h3-10H,11-15H2,1-2H3,(H,24,26). The molecule has 0 radical (unpaired) electrons. The second kappa shape index (κ2) is 8.13. The molecule has 2 aromatic rings. The molecule has 3 rings (SSSR count). The largest absolute Gasteiger partial charge is 0.355 e. The van der Waals surface area contributed by atoms with Crippen molar-refractivity contribution < 1.29 is 9.59 Å². The van der Waals surface area contributed by atoms with Gasteiger partial charge in [0.1, 0.15) is 5.41 Å². The van der Waals surface area contributed by atoms with Gasteiger partial charge in [-0.05, 0) is 55.5 Å². The maximum atomic E-state index is 13.0. The van der Waals surface area contributed by atoms with Crippen molar-refractivity contribution in [2.45, 2.75) is 33.2 Å². The first-order valence-corrected chi connectivity index (χ1v) is 9.64. The smallest absolute Gasteiger partial charge is 0.238 e. The summed E-state index contributed by atoms with van der Waals surface area (Å²) in [6.45, 7) is 5.11. The molecule has 1 aliphatic rings. The summed E-state index contributed by atoms with van der Waals surface area (Å²) < 4.78 is 0. The number of fused-ring (bicyclic) bond motifs is 1. The van der Waals surface area contributed by atoms with Gasteiger partial charge in [0.15, 0.2) is 0 Å². The number of halogens is 1. The molecule has 0 unspecified atom stereocenters. The van der Waals surface area contributed by atoms with Gasteiger partial charge in [-0.1, -0.05) is 48.0 Å². The van der Waals surface area contributed by atoms with Crippen LogP contribution in [0.15, 0.2) is 48.5 Å². The average molecular weight is 385 g/mol. The van der Waals surface area contributed by atoms with Crippen molar-refractivity contribution in [2.24, 2.45) is 5.41 Å². The van der Waals surface area contributed by atoms with Gasteiger partial charge in [-0.3, -0.25) is 9.59 Å². The van der Waals surface area contributed by atoms with Crippen LogP contribution in [0.5, 0.6) is 0 Å². The highest BCUT2D eigenvalue weighted by Gasteiger charge is 2.39. The van der Waals surface area contributed by atoms with Crippen molar-refractivity contribution in [1.82, 2.24) is 10.2 Å². The lowest BCUT2D eigenvalue weighted by molar-refractivity contribution is -0.149. The molecule has 0 spiro atoms. The van der Waals surface area contributed by atoms with Crippen LogP contribution < -0.4 is 5.32 Å². The molecular weight excluding hydrogens is 360 g/mol. The summed E-state index contributed by atoms with van der Waals surface area (Å²) in [5.41, 5.74) is 2.45. The molecule has 1 heterocycles. The number of hydrogen-bond donors (Lipinski definition) is 1. The summed E-state index contributed by atoms with van der Waals surface area (Å²) in [4.78, 5) is 27.4. The Balaban J connectivity index is 1.57. The minimum Gasteiger partial charge on any atom is -0.355 e. The molecule has 4 nitrogen and oxygen atoms in total. The number of carbonyl (C=O) groups is 2. The first kappa shape index (κ1) is 19.4. The molecule has 2 aromatic carbocycles. The Hall–Kier alpha value is -2.33. The lowest BCUT2D eigenvalue weighted by atomic mass is 9.88. The SMILES string of the molecule is CC(C)(C(=O)NCCc1ccc(Cl)cc1)C(=O)N1CCc2ccccc2C1. The van der Waals surface area contributed by atoms with Gasteiger partial charge >= 0.3 is 0 Å². The highest BCUT2D eigenvalue weighted by Crippen LogP contribution is 2.25. The monoisotopic (exact) mass is 384 g/mol. The van der Waals surface area contributed by atoms with Crippen molar-refractivity contribution >= 4 is 23.4 Å². The van der Waals surface area contributed by atoms with E-state index in [4.69, 9.17) is 11.6 Å². The number of hydrogen-bond acceptors (Lipinski definition) is 2. The summed E-state index contributed by atoms with van der Waals surface area (Å²) in [6, 6.07) is 15.7. The molecule has 0 atom stereocenters. The van der Waals surface area contributed by atoms with Gasteiger partial charge < -0.3 is 10.2 Å². The third-order valence-corrected chi connectivity index (χ3v) is 5.38. The van der Waals surface area contributed by atoms with Gasteiger partial charge in [0.25, 0.3) is 0 Å². The van der Waals surface area contributed by atoms with Crippen LogP contribution in [-0.4, -0.2) is 29.8 Å². The Morgan fingerprint density at radius 2 is 1.74 bits per heavy atom. The number of amides is 2. The minimum absolute atomic E-state index is 0.124. The van der Waals surface area contributed by atoms with E-state index in [1.807, 2.05) is 42.5 Å². The van der Waals surface area contributed by atoms with Crippen molar-refractivity contribution in [1.29, 1.82) is 0 Å². The maximum Gasteiger partial charge on any atom is 0.238 e. The fraction of sp³-hybridized carbons (Fsp3) is 0.364. The maximum absolute atomic E-state index is 13.0. The predicted octanol–water partition coefficient (Wildman–Crippen LogP) is 3.61. The number of carbonyl (C=O) groups excluding carboxylic acids is 2. The third kappa shape index (κ3) is 4.51. The summed E-state index contributed by atoms with van der Waals surface area (Å²) in [5, 5.41) is 3.60. The Morgan fingerprint density at radius 3 is 2.44 bits per heavy atom. The number of rotatable bonds is 5. The van der Waals surface area contributed by atoms with E-state index in [9.17, 15) is 9.59 Å². The zero-order valence-corrected chi connectivity index (χ0v) is 16.6. The Bertz CT molecular complexity index is 830. The molecule has 5 heteroatoms. The van der Waals surface area contributed by atoms with Gasteiger partial charge in [-0.15, -0.1) is 0 Å². The van der Waals surface area contributed by atoms with Gasteiger partial charge in [-0.25, -0.2) is 0 Å². The third-order valence-electron chi connectivity index (χ3n) is 5.13. The van der Waals surface area contributed by atoms with Crippen LogP contribution >= 0.6 is 11.6 Å². The van der Waals surface area contributed by atoms with Crippen LogP contribution in [0, 0.1) is 5.41 Å².